The fraction of sp³-hybridized carbons (Fsp3) is 0.417. The summed E-state index contributed by atoms with van der Waals surface area (Å²) in [6.45, 7) is 0.912. The molecule has 2 heterocycles. The van der Waals surface area contributed by atoms with E-state index >= 15 is 0 Å². The molecule has 1 aliphatic heterocycles. The zero-order chi connectivity index (χ0) is 14.0. The van der Waals surface area contributed by atoms with E-state index in [9.17, 15) is 9.59 Å². The minimum Gasteiger partial charge on any atom is -0.465 e. The molecule has 0 bridgehead atoms. The summed E-state index contributed by atoms with van der Waals surface area (Å²) < 4.78 is 0. The number of nitrogens with one attached hydrogen (secondary N) is 1. The Bertz CT molecular complexity index is 500. The summed E-state index contributed by atoms with van der Waals surface area (Å²) in [5.74, 6) is 0.494. The number of likely N-dealkylation sites (N-methyl/N-ethyl adjacent to an activating group) is 1. The van der Waals surface area contributed by atoms with E-state index in [1.54, 1.807) is 25.4 Å². The van der Waals surface area contributed by atoms with Crippen molar-refractivity contribution in [2.75, 3.05) is 32.1 Å². The second kappa shape index (κ2) is 5.13. The van der Waals surface area contributed by atoms with E-state index < -0.39 is 6.09 Å². The van der Waals surface area contributed by atoms with Crippen molar-refractivity contribution in [2.24, 2.45) is 0 Å². The molecule has 0 atom stereocenters. The molecule has 0 spiro atoms. The summed E-state index contributed by atoms with van der Waals surface area (Å²) in [6, 6.07) is 3.44. The second-order valence-corrected chi connectivity index (χ2v) is 4.43. The van der Waals surface area contributed by atoms with Crippen LogP contribution in [-0.2, 0) is 0 Å². The van der Waals surface area contributed by atoms with E-state index in [1.807, 2.05) is 11.9 Å². The van der Waals surface area contributed by atoms with Gasteiger partial charge in [0.2, 0.25) is 0 Å². The van der Waals surface area contributed by atoms with Crippen LogP contribution in [0.1, 0.15) is 10.4 Å². The van der Waals surface area contributed by atoms with E-state index in [0.29, 0.717) is 24.5 Å². The monoisotopic (exact) mass is 264 g/mol. The van der Waals surface area contributed by atoms with Crippen molar-refractivity contribution in [3.8, 4) is 0 Å². The third-order valence-corrected chi connectivity index (χ3v) is 3.28. The highest BCUT2D eigenvalue weighted by molar-refractivity contribution is 5.94. The zero-order valence-electron chi connectivity index (χ0n) is 10.8. The third-order valence-electron chi connectivity index (χ3n) is 3.28. The molecule has 7 heteroatoms. The van der Waals surface area contributed by atoms with Gasteiger partial charge in [-0.15, -0.1) is 0 Å². The third kappa shape index (κ3) is 2.59. The molecule has 1 aromatic rings. The summed E-state index contributed by atoms with van der Waals surface area (Å²) in [7, 11) is 3.42. The lowest BCUT2D eigenvalue weighted by molar-refractivity contribution is 0.0963. The number of hydrogen-bond acceptors (Lipinski definition) is 4. The summed E-state index contributed by atoms with van der Waals surface area (Å²) in [4.78, 5) is 29.7. The Morgan fingerprint density at radius 2 is 2.21 bits per heavy atom. The fourth-order valence-electron chi connectivity index (χ4n) is 1.94. The van der Waals surface area contributed by atoms with Gasteiger partial charge in [-0.2, -0.15) is 0 Å². The fourth-order valence-corrected chi connectivity index (χ4v) is 1.94. The number of hydrogen-bond donors (Lipinski definition) is 2. The molecule has 0 aromatic carbocycles. The largest absolute Gasteiger partial charge is 0.465 e. The highest BCUT2D eigenvalue weighted by Gasteiger charge is 2.33. The second-order valence-electron chi connectivity index (χ2n) is 4.43. The number of amides is 2. The number of likely N-dealkylation sites (tertiary alicyclic amines) is 1. The predicted octanol–water partition coefficient (Wildman–Crippen LogP) is 0.240. The average Bonchev–Trinajstić information content (AvgIpc) is 2.35. The van der Waals surface area contributed by atoms with Crippen LogP contribution in [0.25, 0.3) is 0 Å². The van der Waals surface area contributed by atoms with E-state index in [0.717, 1.165) is 0 Å². The molecular formula is C12H16N4O3. The van der Waals surface area contributed by atoms with Gasteiger partial charge in [0, 0.05) is 38.9 Å². The van der Waals surface area contributed by atoms with Crippen LogP contribution in [0.3, 0.4) is 0 Å². The van der Waals surface area contributed by atoms with Gasteiger partial charge in [-0.1, -0.05) is 0 Å². The van der Waals surface area contributed by atoms with Crippen molar-refractivity contribution in [1.82, 2.24) is 15.2 Å². The molecule has 1 aliphatic rings. The van der Waals surface area contributed by atoms with Gasteiger partial charge < -0.3 is 20.2 Å². The van der Waals surface area contributed by atoms with E-state index in [2.05, 4.69) is 10.3 Å². The Hall–Kier alpha value is -2.31. The first-order valence-corrected chi connectivity index (χ1v) is 5.91. The van der Waals surface area contributed by atoms with Crippen LogP contribution in [0.2, 0.25) is 0 Å². The molecular weight excluding hydrogens is 248 g/mol. The van der Waals surface area contributed by atoms with Gasteiger partial charge in [-0.05, 0) is 12.1 Å². The summed E-state index contributed by atoms with van der Waals surface area (Å²) >= 11 is 0. The predicted molar refractivity (Wildman–Crippen MR) is 69.4 cm³/mol. The number of rotatable bonds is 3. The standard InChI is InChI=1S/C12H16N4O3/c1-13-11(17)8-3-4-14-10(5-8)15(2)9-6-16(7-9)12(18)19/h3-5,9H,6-7H2,1-2H3,(H,13,17)(H,18,19). The first-order valence-electron chi connectivity index (χ1n) is 5.91. The van der Waals surface area contributed by atoms with Gasteiger partial charge in [0.25, 0.3) is 5.91 Å². The van der Waals surface area contributed by atoms with Crippen LogP contribution < -0.4 is 10.2 Å². The first kappa shape index (κ1) is 13.1. The van der Waals surface area contributed by atoms with Gasteiger partial charge in [-0.3, -0.25) is 4.79 Å². The van der Waals surface area contributed by atoms with Crippen molar-refractivity contribution in [3.63, 3.8) is 0 Å². The van der Waals surface area contributed by atoms with Crippen molar-refractivity contribution >= 4 is 17.8 Å². The maximum atomic E-state index is 11.5. The van der Waals surface area contributed by atoms with Crippen LogP contribution in [-0.4, -0.2) is 60.2 Å². The van der Waals surface area contributed by atoms with Crippen LogP contribution in [0, 0.1) is 0 Å². The average molecular weight is 264 g/mol. The van der Waals surface area contributed by atoms with Crippen molar-refractivity contribution in [2.45, 2.75) is 6.04 Å². The van der Waals surface area contributed by atoms with Gasteiger partial charge >= 0.3 is 6.09 Å². The van der Waals surface area contributed by atoms with E-state index in [-0.39, 0.29) is 11.9 Å². The molecule has 2 rings (SSSR count). The number of carboxylic acid groups (broad SMARTS) is 1. The minimum absolute atomic E-state index is 0.100. The quantitative estimate of drug-likeness (QED) is 0.816. The SMILES string of the molecule is CNC(=O)c1ccnc(N(C)C2CN(C(=O)O)C2)c1. The lowest BCUT2D eigenvalue weighted by Gasteiger charge is -2.42. The van der Waals surface area contributed by atoms with Gasteiger partial charge in [0.1, 0.15) is 5.82 Å². The van der Waals surface area contributed by atoms with Crippen LogP contribution >= 0.6 is 0 Å². The highest BCUT2D eigenvalue weighted by Crippen LogP contribution is 2.20. The smallest absolute Gasteiger partial charge is 0.407 e. The molecule has 2 N–H and O–H groups in total. The highest BCUT2D eigenvalue weighted by atomic mass is 16.4. The Balaban J connectivity index is 2.06. The summed E-state index contributed by atoms with van der Waals surface area (Å²) in [5.41, 5.74) is 0.536. The normalized spacial score (nSPS) is 14.7. The lowest BCUT2D eigenvalue weighted by Crippen LogP contribution is -2.60. The van der Waals surface area contributed by atoms with Crippen molar-refractivity contribution in [3.05, 3.63) is 23.9 Å². The number of carbonyl (C=O) groups is 2. The van der Waals surface area contributed by atoms with Gasteiger partial charge in [-0.25, -0.2) is 9.78 Å². The molecule has 1 aromatic heterocycles. The molecule has 1 saturated heterocycles. The van der Waals surface area contributed by atoms with Crippen LogP contribution in [0.5, 0.6) is 0 Å². The number of carbonyl (C=O) groups excluding carboxylic acids is 1. The molecule has 0 radical (unpaired) electrons. The van der Waals surface area contributed by atoms with Crippen LogP contribution in [0.15, 0.2) is 18.3 Å². The maximum Gasteiger partial charge on any atom is 0.407 e. The molecule has 19 heavy (non-hydrogen) atoms. The van der Waals surface area contributed by atoms with Crippen molar-refractivity contribution in [1.29, 1.82) is 0 Å². The first-order chi connectivity index (χ1) is 9.02. The van der Waals surface area contributed by atoms with E-state index in [4.69, 9.17) is 5.11 Å². The lowest BCUT2D eigenvalue weighted by atomic mass is 10.1. The maximum absolute atomic E-state index is 11.5. The van der Waals surface area contributed by atoms with Crippen LogP contribution in [0.4, 0.5) is 10.6 Å². The number of aromatic nitrogens is 1. The Kier molecular flexibility index (Phi) is 3.55. The minimum atomic E-state index is -0.906. The molecule has 0 unspecified atom stereocenters. The number of anilines is 1. The van der Waals surface area contributed by atoms with Gasteiger partial charge in [0.15, 0.2) is 0 Å². The van der Waals surface area contributed by atoms with Crippen molar-refractivity contribution < 1.29 is 14.7 Å². The zero-order valence-corrected chi connectivity index (χ0v) is 10.8. The molecule has 0 aliphatic carbocycles. The Morgan fingerprint density at radius 3 is 2.79 bits per heavy atom. The Morgan fingerprint density at radius 1 is 1.53 bits per heavy atom. The molecule has 0 saturated carbocycles. The summed E-state index contributed by atoms with van der Waals surface area (Å²) in [5, 5.41) is 11.3. The van der Waals surface area contributed by atoms with Gasteiger partial charge in [0.05, 0.1) is 6.04 Å². The molecule has 1 fully saturated rings. The number of nitrogens with zero attached hydrogens (tertiary/aromatic N) is 3. The summed E-state index contributed by atoms with van der Waals surface area (Å²) in [6.07, 6.45) is 0.668. The molecule has 2 amide bonds. The van der Waals surface area contributed by atoms with E-state index in [1.165, 1.54) is 4.90 Å². The molecule has 7 nitrogen and oxygen atoms in total. The Labute approximate surface area is 110 Å². The topological polar surface area (TPSA) is 85.8 Å². The number of pyridine rings is 1. The molecule has 102 valence electrons.